The van der Waals surface area contributed by atoms with Crippen molar-refractivity contribution in [1.29, 1.82) is 0 Å². The van der Waals surface area contributed by atoms with Crippen LogP contribution in [0, 0.1) is 0 Å². The summed E-state index contributed by atoms with van der Waals surface area (Å²) in [4.78, 5) is 13.0. The van der Waals surface area contributed by atoms with E-state index in [1.54, 1.807) is 0 Å². The third kappa shape index (κ3) is 2.55. The van der Waals surface area contributed by atoms with E-state index in [4.69, 9.17) is 16.2 Å². The quantitative estimate of drug-likeness (QED) is 0.570. The molecule has 0 radical (unpaired) electrons. The number of amides is 1. The molecule has 0 fully saturated rings. The highest BCUT2D eigenvalue weighted by Crippen LogP contribution is 2.36. The minimum Gasteiger partial charge on any atom is -0.301 e. The SMILES string of the molecule is O=C(Nc1nonc1-c1ccccc1)c1sc2ccccc2c1Cl. The van der Waals surface area contributed by atoms with Crippen molar-refractivity contribution in [2.75, 3.05) is 5.32 Å². The highest BCUT2D eigenvalue weighted by atomic mass is 35.5. The lowest BCUT2D eigenvalue weighted by Gasteiger charge is -2.02. The molecule has 0 aliphatic heterocycles. The third-order valence-electron chi connectivity index (χ3n) is 3.51. The van der Waals surface area contributed by atoms with Gasteiger partial charge in [-0.05, 0) is 16.4 Å². The summed E-state index contributed by atoms with van der Waals surface area (Å²) in [5.41, 5.74) is 1.28. The van der Waals surface area contributed by atoms with Gasteiger partial charge in [-0.3, -0.25) is 4.79 Å². The second kappa shape index (κ2) is 6.07. The molecule has 0 unspecified atom stereocenters. The molecule has 4 rings (SSSR count). The first-order valence-corrected chi connectivity index (χ1v) is 8.30. The number of carbonyl (C=O) groups is 1. The maximum Gasteiger partial charge on any atom is 0.268 e. The van der Waals surface area contributed by atoms with Crippen molar-refractivity contribution in [3.05, 3.63) is 64.5 Å². The van der Waals surface area contributed by atoms with Gasteiger partial charge in [0.15, 0.2) is 5.69 Å². The minimum absolute atomic E-state index is 0.264. The molecule has 2 heterocycles. The summed E-state index contributed by atoms with van der Waals surface area (Å²) in [5.74, 6) is -0.0752. The fourth-order valence-electron chi connectivity index (χ4n) is 2.38. The van der Waals surface area contributed by atoms with Gasteiger partial charge in [-0.2, -0.15) is 0 Å². The normalized spacial score (nSPS) is 10.9. The van der Waals surface area contributed by atoms with Crippen LogP contribution in [0.3, 0.4) is 0 Å². The Morgan fingerprint density at radius 3 is 2.58 bits per heavy atom. The van der Waals surface area contributed by atoms with Gasteiger partial charge in [0.2, 0.25) is 5.82 Å². The van der Waals surface area contributed by atoms with Gasteiger partial charge < -0.3 is 5.32 Å². The second-order valence-corrected chi connectivity index (χ2v) is 6.45. The van der Waals surface area contributed by atoms with Crippen LogP contribution in [0.4, 0.5) is 5.82 Å². The molecule has 2 aromatic heterocycles. The maximum atomic E-state index is 12.6. The number of nitrogens with zero attached hydrogens (tertiary/aromatic N) is 2. The number of aromatic nitrogens is 2. The van der Waals surface area contributed by atoms with E-state index in [1.165, 1.54) is 11.3 Å². The lowest BCUT2D eigenvalue weighted by molar-refractivity contribution is 0.103. The molecule has 0 bridgehead atoms. The van der Waals surface area contributed by atoms with Gasteiger partial charge in [0, 0.05) is 15.6 Å². The first kappa shape index (κ1) is 14.9. The summed E-state index contributed by atoms with van der Waals surface area (Å²) in [6, 6.07) is 17.0. The van der Waals surface area contributed by atoms with Crippen molar-refractivity contribution < 1.29 is 9.42 Å². The Morgan fingerprint density at radius 1 is 1.04 bits per heavy atom. The van der Waals surface area contributed by atoms with Gasteiger partial charge in [0.1, 0.15) is 4.88 Å². The summed E-state index contributed by atoms with van der Waals surface area (Å²) in [5, 5.41) is 11.7. The number of benzene rings is 2. The number of nitrogens with one attached hydrogen (secondary N) is 1. The van der Waals surface area contributed by atoms with E-state index in [9.17, 15) is 4.79 Å². The molecule has 7 heteroatoms. The van der Waals surface area contributed by atoms with Gasteiger partial charge in [-0.15, -0.1) is 11.3 Å². The monoisotopic (exact) mass is 355 g/mol. The average Bonchev–Trinajstić information content (AvgIpc) is 3.21. The fourth-order valence-corrected chi connectivity index (χ4v) is 3.79. The Bertz CT molecular complexity index is 1030. The average molecular weight is 356 g/mol. The van der Waals surface area contributed by atoms with Crippen LogP contribution in [-0.4, -0.2) is 16.2 Å². The van der Waals surface area contributed by atoms with Crippen LogP contribution in [0.2, 0.25) is 5.02 Å². The van der Waals surface area contributed by atoms with Crippen LogP contribution >= 0.6 is 22.9 Å². The van der Waals surface area contributed by atoms with Crippen LogP contribution in [0.25, 0.3) is 21.3 Å². The van der Waals surface area contributed by atoms with Crippen molar-refractivity contribution in [2.24, 2.45) is 0 Å². The summed E-state index contributed by atoms with van der Waals surface area (Å²) in [6.45, 7) is 0. The molecular weight excluding hydrogens is 346 g/mol. The molecular formula is C17H10ClN3O2S. The Kier molecular flexibility index (Phi) is 3.76. The van der Waals surface area contributed by atoms with Crippen LogP contribution in [-0.2, 0) is 0 Å². The van der Waals surface area contributed by atoms with Gasteiger partial charge in [0.05, 0.1) is 5.02 Å². The molecule has 1 amide bonds. The minimum atomic E-state index is -0.339. The summed E-state index contributed by atoms with van der Waals surface area (Å²) < 4.78 is 5.73. The predicted octanol–water partition coefficient (Wildman–Crippen LogP) is 4.86. The zero-order valence-corrected chi connectivity index (χ0v) is 13.8. The molecule has 0 atom stereocenters. The lowest BCUT2D eigenvalue weighted by Crippen LogP contribution is -2.11. The van der Waals surface area contributed by atoms with Crippen molar-refractivity contribution in [2.45, 2.75) is 0 Å². The van der Waals surface area contributed by atoms with E-state index in [-0.39, 0.29) is 11.7 Å². The van der Waals surface area contributed by atoms with Crippen LogP contribution in [0.15, 0.2) is 59.2 Å². The lowest BCUT2D eigenvalue weighted by atomic mass is 10.1. The number of hydrogen-bond acceptors (Lipinski definition) is 5. The Hall–Kier alpha value is -2.70. The molecule has 2 aromatic carbocycles. The number of hydrogen-bond donors (Lipinski definition) is 1. The van der Waals surface area contributed by atoms with E-state index < -0.39 is 0 Å². The Balaban J connectivity index is 1.68. The van der Waals surface area contributed by atoms with Crippen LogP contribution in [0.1, 0.15) is 9.67 Å². The summed E-state index contributed by atoms with van der Waals surface area (Å²) in [6.07, 6.45) is 0. The first-order valence-electron chi connectivity index (χ1n) is 7.10. The van der Waals surface area contributed by atoms with E-state index in [0.717, 1.165) is 15.6 Å². The van der Waals surface area contributed by atoms with Gasteiger partial charge in [-0.25, -0.2) is 4.63 Å². The molecule has 0 aliphatic carbocycles. The third-order valence-corrected chi connectivity index (χ3v) is 5.18. The van der Waals surface area contributed by atoms with Gasteiger partial charge in [-0.1, -0.05) is 60.1 Å². The number of thiophene rings is 1. The standard InChI is InChI=1S/C17H10ClN3O2S/c18-13-11-8-4-5-9-12(11)24-15(13)17(22)19-16-14(20-23-21-16)10-6-2-1-3-7-10/h1-9H,(H,19,21,22). The molecule has 24 heavy (non-hydrogen) atoms. The molecule has 4 aromatic rings. The largest absolute Gasteiger partial charge is 0.301 e. The fraction of sp³-hybridized carbons (Fsp3) is 0. The Morgan fingerprint density at radius 2 is 1.79 bits per heavy atom. The van der Waals surface area contributed by atoms with Crippen molar-refractivity contribution >= 4 is 44.7 Å². The van der Waals surface area contributed by atoms with Crippen LogP contribution in [0.5, 0.6) is 0 Å². The highest BCUT2D eigenvalue weighted by Gasteiger charge is 2.20. The molecule has 0 spiro atoms. The number of anilines is 1. The van der Waals surface area contributed by atoms with Gasteiger partial charge >= 0.3 is 0 Å². The molecule has 0 saturated carbocycles. The molecule has 1 N–H and O–H groups in total. The van der Waals surface area contributed by atoms with Crippen molar-refractivity contribution in [3.63, 3.8) is 0 Å². The highest BCUT2D eigenvalue weighted by molar-refractivity contribution is 7.21. The zero-order chi connectivity index (χ0) is 16.5. The summed E-state index contributed by atoms with van der Waals surface area (Å²) in [7, 11) is 0. The Labute approximate surface area is 145 Å². The van der Waals surface area contributed by atoms with E-state index in [1.807, 2.05) is 54.6 Å². The van der Waals surface area contributed by atoms with E-state index in [2.05, 4.69) is 15.6 Å². The number of carbonyl (C=O) groups excluding carboxylic acids is 1. The predicted molar refractivity (Wildman–Crippen MR) is 94.5 cm³/mol. The van der Waals surface area contributed by atoms with Crippen molar-refractivity contribution in [1.82, 2.24) is 10.3 Å². The number of fused-ring (bicyclic) bond motifs is 1. The maximum absolute atomic E-state index is 12.6. The molecule has 5 nitrogen and oxygen atoms in total. The second-order valence-electron chi connectivity index (χ2n) is 5.02. The molecule has 0 saturated heterocycles. The number of halogens is 1. The van der Waals surface area contributed by atoms with Crippen molar-refractivity contribution in [3.8, 4) is 11.3 Å². The van der Waals surface area contributed by atoms with E-state index >= 15 is 0 Å². The topological polar surface area (TPSA) is 68.0 Å². The smallest absolute Gasteiger partial charge is 0.268 e. The first-order chi connectivity index (χ1) is 11.7. The zero-order valence-electron chi connectivity index (χ0n) is 12.2. The number of rotatable bonds is 3. The molecule has 118 valence electrons. The summed E-state index contributed by atoms with van der Waals surface area (Å²) >= 11 is 7.67. The molecule has 0 aliphatic rings. The van der Waals surface area contributed by atoms with E-state index in [0.29, 0.717) is 15.6 Å². The van der Waals surface area contributed by atoms with Crippen LogP contribution < -0.4 is 5.32 Å². The van der Waals surface area contributed by atoms with Gasteiger partial charge in [0.25, 0.3) is 5.91 Å².